The molecule has 88 valence electrons. The van der Waals surface area contributed by atoms with Crippen LogP contribution in [0.1, 0.15) is 12.0 Å². The molecule has 3 nitrogen and oxygen atoms in total. The smallest absolute Gasteiger partial charge is 0.260 e. The van der Waals surface area contributed by atoms with Crippen LogP contribution in [0.15, 0.2) is 18.2 Å². The summed E-state index contributed by atoms with van der Waals surface area (Å²) in [6.45, 7) is -0.138. The van der Waals surface area contributed by atoms with Gasteiger partial charge in [-0.1, -0.05) is 6.07 Å². The lowest BCUT2D eigenvalue weighted by molar-refractivity contribution is 0.0889. The molecule has 0 bridgehead atoms. The highest BCUT2D eigenvalue weighted by Gasteiger charge is 2.71. The number of aromatic hydroxyl groups is 1. The van der Waals surface area contributed by atoms with Crippen LogP contribution >= 0.6 is 0 Å². The standard InChI is InChI=1S/C11H13F2NO2/c1-16-9-4-7(15)2-3-8(9)10(6-14)5-11(10,12)13/h2-4,15H,5-6,14H2,1H3. The van der Waals surface area contributed by atoms with E-state index in [1.807, 2.05) is 0 Å². The van der Waals surface area contributed by atoms with Crippen molar-refractivity contribution in [2.24, 2.45) is 5.73 Å². The molecule has 0 aromatic heterocycles. The first-order chi connectivity index (χ1) is 7.47. The van der Waals surface area contributed by atoms with Crippen LogP contribution in [0, 0.1) is 0 Å². The molecule has 1 fully saturated rings. The number of phenols is 1. The molecule has 3 N–H and O–H groups in total. The van der Waals surface area contributed by atoms with E-state index in [2.05, 4.69) is 0 Å². The van der Waals surface area contributed by atoms with Gasteiger partial charge in [-0.2, -0.15) is 0 Å². The number of rotatable bonds is 3. The molecule has 1 aromatic carbocycles. The van der Waals surface area contributed by atoms with Gasteiger partial charge in [-0.05, 0) is 6.07 Å². The van der Waals surface area contributed by atoms with Gasteiger partial charge in [-0.3, -0.25) is 0 Å². The first-order valence-electron chi connectivity index (χ1n) is 4.92. The zero-order valence-electron chi connectivity index (χ0n) is 8.84. The molecule has 5 heteroatoms. The Morgan fingerprint density at radius 1 is 1.50 bits per heavy atom. The fourth-order valence-corrected chi connectivity index (χ4v) is 2.03. The summed E-state index contributed by atoms with van der Waals surface area (Å²) in [5.74, 6) is -2.55. The number of alkyl halides is 2. The molecule has 1 atom stereocenters. The van der Waals surface area contributed by atoms with E-state index in [1.165, 1.54) is 25.3 Å². The quantitative estimate of drug-likeness (QED) is 0.828. The van der Waals surface area contributed by atoms with Gasteiger partial charge in [0.2, 0.25) is 0 Å². The maximum atomic E-state index is 13.4. The first-order valence-corrected chi connectivity index (χ1v) is 4.92. The second-order valence-corrected chi connectivity index (χ2v) is 4.05. The molecule has 2 rings (SSSR count). The highest BCUT2D eigenvalue weighted by molar-refractivity contribution is 5.50. The topological polar surface area (TPSA) is 55.5 Å². The minimum Gasteiger partial charge on any atom is -0.508 e. The number of ether oxygens (including phenoxy) is 1. The van der Waals surface area contributed by atoms with Crippen molar-refractivity contribution in [1.29, 1.82) is 0 Å². The Labute approximate surface area is 91.8 Å². The molecule has 1 unspecified atom stereocenters. The summed E-state index contributed by atoms with van der Waals surface area (Å²) in [6.07, 6.45) is -0.266. The van der Waals surface area contributed by atoms with Gasteiger partial charge in [-0.25, -0.2) is 8.78 Å². The Morgan fingerprint density at radius 3 is 2.56 bits per heavy atom. The highest BCUT2D eigenvalue weighted by Crippen LogP contribution is 2.62. The SMILES string of the molecule is COc1cc(O)ccc1C1(CN)CC1(F)F. The van der Waals surface area contributed by atoms with Crippen molar-refractivity contribution in [3.05, 3.63) is 23.8 Å². The van der Waals surface area contributed by atoms with Gasteiger partial charge in [0.15, 0.2) is 0 Å². The van der Waals surface area contributed by atoms with Crippen molar-refractivity contribution in [3.8, 4) is 11.5 Å². The summed E-state index contributed by atoms with van der Waals surface area (Å²) in [7, 11) is 1.38. The van der Waals surface area contributed by atoms with E-state index in [1.54, 1.807) is 0 Å². The van der Waals surface area contributed by atoms with Crippen molar-refractivity contribution in [2.75, 3.05) is 13.7 Å². The Kier molecular flexibility index (Phi) is 2.31. The number of phenolic OH excluding ortho intramolecular Hbond substituents is 1. The van der Waals surface area contributed by atoms with Gasteiger partial charge in [-0.15, -0.1) is 0 Å². The zero-order valence-corrected chi connectivity index (χ0v) is 8.84. The second kappa shape index (κ2) is 3.31. The molecule has 1 aliphatic carbocycles. The second-order valence-electron chi connectivity index (χ2n) is 4.05. The van der Waals surface area contributed by atoms with Crippen LogP contribution in [-0.4, -0.2) is 24.7 Å². The molecule has 0 amide bonds. The third kappa shape index (κ3) is 1.35. The number of nitrogens with two attached hydrogens (primary N) is 1. The Bertz CT molecular complexity index is 422. The molecule has 0 spiro atoms. The predicted octanol–water partition coefficient (Wildman–Crippen LogP) is 1.64. The van der Waals surface area contributed by atoms with Gasteiger partial charge in [0.1, 0.15) is 11.5 Å². The van der Waals surface area contributed by atoms with E-state index in [0.29, 0.717) is 5.56 Å². The van der Waals surface area contributed by atoms with Crippen molar-refractivity contribution < 1.29 is 18.6 Å². The summed E-state index contributed by atoms with van der Waals surface area (Å²) in [5, 5.41) is 9.26. The van der Waals surface area contributed by atoms with Crippen LogP contribution in [0.2, 0.25) is 0 Å². The third-order valence-electron chi connectivity index (χ3n) is 3.15. The molecular formula is C11H13F2NO2. The monoisotopic (exact) mass is 229 g/mol. The number of benzene rings is 1. The minimum absolute atomic E-state index is 0.0169. The number of hydrogen-bond donors (Lipinski definition) is 2. The summed E-state index contributed by atoms with van der Waals surface area (Å²) in [6, 6.07) is 4.13. The molecular weight excluding hydrogens is 216 g/mol. The van der Waals surface area contributed by atoms with Gasteiger partial charge in [0.25, 0.3) is 5.92 Å². The van der Waals surface area contributed by atoms with Crippen LogP contribution in [-0.2, 0) is 5.41 Å². The minimum atomic E-state index is -2.79. The summed E-state index contributed by atoms with van der Waals surface area (Å²) >= 11 is 0. The van der Waals surface area contributed by atoms with E-state index in [0.717, 1.165) is 0 Å². The average Bonchev–Trinajstić information content (AvgIpc) is 2.82. The summed E-state index contributed by atoms with van der Waals surface area (Å²) in [4.78, 5) is 0. The van der Waals surface area contributed by atoms with E-state index in [-0.39, 0.29) is 24.5 Å². The lowest BCUT2D eigenvalue weighted by Gasteiger charge is -2.17. The van der Waals surface area contributed by atoms with Crippen LogP contribution in [0.5, 0.6) is 11.5 Å². The maximum Gasteiger partial charge on any atom is 0.260 e. The normalized spacial score (nSPS) is 26.5. The average molecular weight is 229 g/mol. The maximum absolute atomic E-state index is 13.4. The lowest BCUT2D eigenvalue weighted by atomic mass is 9.94. The van der Waals surface area contributed by atoms with E-state index in [4.69, 9.17) is 10.5 Å². The fourth-order valence-electron chi connectivity index (χ4n) is 2.03. The number of methoxy groups -OCH3 is 1. The van der Waals surface area contributed by atoms with Gasteiger partial charge < -0.3 is 15.6 Å². The highest BCUT2D eigenvalue weighted by atomic mass is 19.3. The molecule has 16 heavy (non-hydrogen) atoms. The molecule has 1 aliphatic rings. The largest absolute Gasteiger partial charge is 0.508 e. The van der Waals surface area contributed by atoms with Crippen molar-refractivity contribution in [1.82, 2.24) is 0 Å². The van der Waals surface area contributed by atoms with Crippen LogP contribution in [0.3, 0.4) is 0 Å². The van der Waals surface area contributed by atoms with Gasteiger partial charge in [0, 0.05) is 24.6 Å². The molecule has 1 saturated carbocycles. The molecule has 0 aliphatic heterocycles. The zero-order chi connectivity index (χ0) is 12.0. The van der Waals surface area contributed by atoms with Crippen LogP contribution < -0.4 is 10.5 Å². The van der Waals surface area contributed by atoms with E-state index < -0.39 is 11.3 Å². The molecule has 0 saturated heterocycles. The van der Waals surface area contributed by atoms with E-state index in [9.17, 15) is 13.9 Å². The molecule has 0 heterocycles. The fraction of sp³-hybridized carbons (Fsp3) is 0.455. The Morgan fingerprint density at radius 2 is 2.12 bits per heavy atom. The summed E-state index contributed by atoms with van der Waals surface area (Å²) < 4.78 is 31.7. The lowest BCUT2D eigenvalue weighted by Crippen LogP contribution is -2.27. The van der Waals surface area contributed by atoms with Crippen molar-refractivity contribution in [2.45, 2.75) is 17.8 Å². The predicted molar refractivity (Wildman–Crippen MR) is 55.0 cm³/mol. The molecule has 0 radical (unpaired) electrons. The Balaban J connectivity index is 2.48. The van der Waals surface area contributed by atoms with Crippen molar-refractivity contribution in [3.63, 3.8) is 0 Å². The van der Waals surface area contributed by atoms with Crippen molar-refractivity contribution >= 4 is 0 Å². The Hall–Kier alpha value is -1.36. The number of hydrogen-bond acceptors (Lipinski definition) is 3. The van der Waals surface area contributed by atoms with Crippen LogP contribution in [0.4, 0.5) is 8.78 Å². The third-order valence-corrected chi connectivity index (χ3v) is 3.15. The number of halogens is 2. The summed E-state index contributed by atoms with van der Waals surface area (Å²) in [5.41, 5.74) is 4.47. The van der Waals surface area contributed by atoms with Crippen LogP contribution in [0.25, 0.3) is 0 Å². The van der Waals surface area contributed by atoms with E-state index >= 15 is 0 Å². The van der Waals surface area contributed by atoms with Gasteiger partial charge >= 0.3 is 0 Å². The van der Waals surface area contributed by atoms with Gasteiger partial charge in [0.05, 0.1) is 12.5 Å². The molecule has 1 aromatic rings. The first kappa shape index (κ1) is 11.1.